The molecule has 0 aliphatic carbocycles. The summed E-state index contributed by atoms with van der Waals surface area (Å²) in [5.41, 5.74) is 5.87. The van der Waals surface area contributed by atoms with Crippen LogP contribution in [-0.2, 0) is 0 Å². The summed E-state index contributed by atoms with van der Waals surface area (Å²) >= 11 is 0. The molecule has 5 rings (SSSR count). The van der Waals surface area contributed by atoms with Gasteiger partial charge < -0.3 is 4.42 Å². The van der Waals surface area contributed by atoms with Crippen LogP contribution in [0.25, 0.3) is 44.0 Å². The number of hydrogen-bond donors (Lipinski definition) is 0. The standard InChI is InChI=1S/C24H16O/c1-3-9-17(10-4-1)22-19-13-7-8-14-20(19)24-21(15-16-25-24)23(22)18-11-5-2-6-12-18/h1-16H. The number of furan rings is 1. The Kier molecular flexibility index (Phi) is 3.17. The van der Waals surface area contributed by atoms with Crippen molar-refractivity contribution in [2.75, 3.05) is 0 Å². The summed E-state index contributed by atoms with van der Waals surface area (Å²) in [6, 6.07) is 31.8. The van der Waals surface area contributed by atoms with Gasteiger partial charge in [0.2, 0.25) is 0 Å². The highest BCUT2D eigenvalue weighted by Gasteiger charge is 2.18. The third kappa shape index (κ3) is 2.17. The molecular weight excluding hydrogens is 304 g/mol. The maximum Gasteiger partial charge on any atom is 0.142 e. The van der Waals surface area contributed by atoms with Crippen LogP contribution in [0.5, 0.6) is 0 Å². The zero-order chi connectivity index (χ0) is 16.6. The zero-order valence-electron chi connectivity index (χ0n) is 13.6. The molecule has 0 spiro atoms. The van der Waals surface area contributed by atoms with Crippen LogP contribution in [0, 0.1) is 0 Å². The summed E-state index contributed by atoms with van der Waals surface area (Å²) in [4.78, 5) is 0. The Morgan fingerprint density at radius 3 is 1.60 bits per heavy atom. The molecule has 0 amide bonds. The Labute approximate surface area is 146 Å². The zero-order valence-corrected chi connectivity index (χ0v) is 13.6. The topological polar surface area (TPSA) is 13.1 Å². The molecule has 0 unspecified atom stereocenters. The Morgan fingerprint density at radius 2 is 0.960 bits per heavy atom. The molecule has 0 radical (unpaired) electrons. The fraction of sp³-hybridized carbons (Fsp3) is 0. The predicted molar refractivity (Wildman–Crippen MR) is 105 cm³/mol. The lowest BCUT2D eigenvalue weighted by Gasteiger charge is -2.15. The molecule has 25 heavy (non-hydrogen) atoms. The van der Waals surface area contributed by atoms with Gasteiger partial charge in [-0.15, -0.1) is 0 Å². The highest BCUT2D eigenvalue weighted by Crippen LogP contribution is 2.44. The molecule has 5 aromatic rings. The first kappa shape index (κ1) is 14.1. The maximum absolute atomic E-state index is 5.88. The quantitative estimate of drug-likeness (QED) is 0.344. The first-order chi connectivity index (χ1) is 12.4. The van der Waals surface area contributed by atoms with Gasteiger partial charge >= 0.3 is 0 Å². The lowest BCUT2D eigenvalue weighted by atomic mass is 9.87. The van der Waals surface area contributed by atoms with Crippen LogP contribution in [0.2, 0.25) is 0 Å². The maximum atomic E-state index is 5.88. The third-order valence-electron chi connectivity index (χ3n) is 4.75. The van der Waals surface area contributed by atoms with Gasteiger partial charge in [0.05, 0.1) is 6.26 Å². The van der Waals surface area contributed by atoms with Crippen LogP contribution in [0.1, 0.15) is 0 Å². The largest absolute Gasteiger partial charge is 0.464 e. The first-order valence-electron chi connectivity index (χ1n) is 8.46. The SMILES string of the molecule is c1ccc(-c2c(-c3ccccc3)c3ccoc3c3ccccc23)cc1. The summed E-state index contributed by atoms with van der Waals surface area (Å²) < 4.78 is 5.88. The van der Waals surface area contributed by atoms with Crippen LogP contribution in [0.4, 0.5) is 0 Å². The summed E-state index contributed by atoms with van der Waals surface area (Å²) in [5.74, 6) is 0. The van der Waals surface area contributed by atoms with Crippen LogP contribution in [-0.4, -0.2) is 0 Å². The molecule has 0 bridgehead atoms. The van der Waals surface area contributed by atoms with Gasteiger partial charge in [0.1, 0.15) is 5.58 Å². The monoisotopic (exact) mass is 320 g/mol. The van der Waals surface area contributed by atoms with E-state index in [1.54, 1.807) is 6.26 Å². The average Bonchev–Trinajstić information content (AvgIpc) is 3.18. The molecule has 0 aliphatic rings. The molecule has 0 atom stereocenters. The van der Waals surface area contributed by atoms with Gasteiger partial charge in [0.15, 0.2) is 0 Å². The van der Waals surface area contributed by atoms with Crippen LogP contribution >= 0.6 is 0 Å². The molecule has 0 saturated heterocycles. The van der Waals surface area contributed by atoms with Gasteiger partial charge in [0, 0.05) is 16.3 Å². The summed E-state index contributed by atoms with van der Waals surface area (Å²) in [7, 11) is 0. The molecule has 1 heterocycles. The van der Waals surface area contributed by atoms with Crippen molar-refractivity contribution in [1.29, 1.82) is 0 Å². The molecule has 1 nitrogen and oxygen atoms in total. The van der Waals surface area contributed by atoms with E-state index in [1.807, 2.05) is 0 Å². The van der Waals surface area contributed by atoms with Crippen molar-refractivity contribution < 1.29 is 4.42 Å². The lowest BCUT2D eigenvalue weighted by molar-refractivity contribution is 0.619. The average molecular weight is 320 g/mol. The van der Waals surface area contributed by atoms with Crippen molar-refractivity contribution in [3.05, 3.63) is 97.3 Å². The predicted octanol–water partition coefficient (Wildman–Crippen LogP) is 6.92. The molecule has 1 aromatic heterocycles. The van der Waals surface area contributed by atoms with E-state index in [-0.39, 0.29) is 0 Å². The van der Waals surface area contributed by atoms with E-state index in [2.05, 4.69) is 91.0 Å². The second kappa shape index (κ2) is 5.64. The highest BCUT2D eigenvalue weighted by molar-refractivity contribution is 6.19. The van der Waals surface area contributed by atoms with Crippen molar-refractivity contribution in [3.8, 4) is 22.3 Å². The van der Waals surface area contributed by atoms with Crippen LogP contribution in [0.15, 0.2) is 102 Å². The van der Waals surface area contributed by atoms with Crippen LogP contribution in [0.3, 0.4) is 0 Å². The Morgan fingerprint density at radius 1 is 0.440 bits per heavy atom. The van der Waals surface area contributed by atoms with E-state index in [0.717, 1.165) is 16.4 Å². The Balaban J connectivity index is 2.04. The van der Waals surface area contributed by atoms with Crippen molar-refractivity contribution in [3.63, 3.8) is 0 Å². The van der Waals surface area contributed by atoms with E-state index in [1.165, 1.54) is 27.6 Å². The minimum atomic E-state index is 0.953. The molecule has 0 saturated carbocycles. The van der Waals surface area contributed by atoms with Gasteiger partial charge in [0.25, 0.3) is 0 Å². The minimum Gasteiger partial charge on any atom is -0.464 e. The Hall–Kier alpha value is -3.32. The Bertz CT molecular complexity index is 1170. The molecule has 0 aliphatic heterocycles. The molecule has 0 N–H and O–H groups in total. The van der Waals surface area contributed by atoms with Crippen molar-refractivity contribution in [2.24, 2.45) is 0 Å². The van der Waals surface area contributed by atoms with Crippen molar-refractivity contribution >= 4 is 21.7 Å². The minimum absolute atomic E-state index is 0.953. The van der Waals surface area contributed by atoms with Gasteiger partial charge in [-0.25, -0.2) is 0 Å². The van der Waals surface area contributed by atoms with Crippen molar-refractivity contribution in [2.45, 2.75) is 0 Å². The smallest absolute Gasteiger partial charge is 0.142 e. The molecule has 1 heteroatoms. The van der Waals surface area contributed by atoms with E-state index >= 15 is 0 Å². The lowest BCUT2D eigenvalue weighted by Crippen LogP contribution is -1.89. The number of fused-ring (bicyclic) bond motifs is 3. The van der Waals surface area contributed by atoms with E-state index in [9.17, 15) is 0 Å². The van der Waals surface area contributed by atoms with E-state index < -0.39 is 0 Å². The second-order valence-corrected chi connectivity index (χ2v) is 6.19. The van der Waals surface area contributed by atoms with Crippen LogP contribution < -0.4 is 0 Å². The van der Waals surface area contributed by atoms with E-state index in [0.29, 0.717) is 0 Å². The molecule has 4 aromatic carbocycles. The molecular formula is C24H16O. The van der Waals surface area contributed by atoms with Gasteiger partial charge in [-0.3, -0.25) is 0 Å². The summed E-state index contributed by atoms with van der Waals surface area (Å²) in [6.45, 7) is 0. The van der Waals surface area contributed by atoms with Crippen molar-refractivity contribution in [1.82, 2.24) is 0 Å². The first-order valence-corrected chi connectivity index (χ1v) is 8.46. The second-order valence-electron chi connectivity index (χ2n) is 6.19. The third-order valence-corrected chi connectivity index (χ3v) is 4.75. The number of benzene rings is 4. The van der Waals surface area contributed by atoms with Gasteiger partial charge in [-0.1, -0.05) is 84.9 Å². The number of rotatable bonds is 2. The molecule has 0 fully saturated rings. The fourth-order valence-electron chi connectivity index (χ4n) is 3.69. The summed E-state index contributed by atoms with van der Waals surface area (Å²) in [5, 5.41) is 3.53. The fourth-order valence-corrected chi connectivity index (χ4v) is 3.69. The van der Waals surface area contributed by atoms with Gasteiger partial charge in [-0.2, -0.15) is 0 Å². The highest BCUT2D eigenvalue weighted by atomic mass is 16.3. The molecule has 118 valence electrons. The number of hydrogen-bond acceptors (Lipinski definition) is 1. The normalized spacial score (nSPS) is 11.2. The van der Waals surface area contributed by atoms with E-state index in [4.69, 9.17) is 4.42 Å². The summed E-state index contributed by atoms with van der Waals surface area (Å²) in [6.07, 6.45) is 1.79. The van der Waals surface area contributed by atoms with Gasteiger partial charge in [-0.05, 0) is 28.1 Å².